The van der Waals surface area contributed by atoms with Gasteiger partial charge in [0.15, 0.2) is 11.6 Å². The molecule has 0 amide bonds. The highest BCUT2D eigenvalue weighted by atomic mass is 16.1. The van der Waals surface area contributed by atoms with Crippen LogP contribution in [0.4, 0.5) is 11.4 Å². The van der Waals surface area contributed by atoms with Crippen LogP contribution >= 0.6 is 0 Å². The van der Waals surface area contributed by atoms with Crippen molar-refractivity contribution >= 4 is 22.9 Å². The van der Waals surface area contributed by atoms with Gasteiger partial charge in [-0.3, -0.25) is 9.59 Å². The molecule has 0 radical (unpaired) electrons. The summed E-state index contributed by atoms with van der Waals surface area (Å²) in [6.07, 6.45) is 9.34. The van der Waals surface area contributed by atoms with Crippen molar-refractivity contribution < 1.29 is 9.59 Å². The number of nitrogens with one attached hydrogen (secondary N) is 2. The van der Waals surface area contributed by atoms with Crippen LogP contribution in [0.3, 0.4) is 0 Å². The van der Waals surface area contributed by atoms with Gasteiger partial charge in [-0.25, -0.2) is 0 Å². The molecule has 0 aliphatic heterocycles. The molecule has 34 heavy (non-hydrogen) atoms. The molecule has 0 aromatic heterocycles. The number of hydrogen-bond acceptors (Lipinski definition) is 4. The molecule has 1 aliphatic carbocycles. The first-order valence-electron chi connectivity index (χ1n) is 13.4. The Kier molecular flexibility index (Phi) is 9.74. The largest absolute Gasteiger partial charge is 0.384 e. The smallest absolute Gasteiger partial charge is 0.196 e. The van der Waals surface area contributed by atoms with Crippen molar-refractivity contribution in [3.05, 3.63) is 58.7 Å². The fraction of sp³-hybridized carbons (Fsp3) is 0.533. The van der Waals surface area contributed by atoms with Crippen molar-refractivity contribution in [3.8, 4) is 0 Å². The average molecular weight is 463 g/mol. The summed E-state index contributed by atoms with van der Waals surface area (Å²) in [5, 5.41) is 7.09. The first kappa shape index (κ1) is 26.0. The van der Waals surface area contributed by atoms with E-state index in [2.05, 4.69) is 38.3 Å². The highest BCUT2D eigenvalue weighted by Crippen LogP contribution is 2.37. The van der Waals surface area contributed by atoms with Gasteiger partial charge in [0, 0.05) is 35.6 Å². The highest BCUT2D eigenvalue weighted by molar-refractivity contribution is 6.31. The third-order valence-electron chi connectivity index (χ3n) is 7.32. The second kappa shape index (κ2) is 12.7. The van der Waals surface area contributed by atoms with Crippen LogP contribution < -0.4 is 10.6 Å². The molecule has 0 unspecified atom stereocenters. The fourth-order valence-corrected chi connectivity index (χ4v) is 4.91. The third kappa shape index (κ3) is 5.89. The maximum atomic E-state index is 13.6. The van der Waals surface area contributed by atoms with E-state index >= 15 is 0 Å². The van der Waals surface area contributed by atoms with Crippen LogP contribution in [0.5, 0.6) is 0 Å². The number of carbonyl (C=O) groups excluding carboxylic acids is 2. The van der Waals surface area contributed by atoms with Crippen LogP contribution in [0.25, 0.3) is 0 Å². The van der Waals surface area contributed by atoms with Gasteiger partial charge in [-0.1, -0.05) is 90.5 Å². The number of hydrogen-bond donors (Lipinski definition) is 2. The van der Waals surface area contributed by atoms with Crippen LogP contribution in [0, 0.1) is 11.8 Å². The van der Waals surface area contributed by atoms with Gasteiger partial charge in [0.2, 0.25) is 0 Å². The molecule has 4 heteroatoms. The Hall–Kier alpha value is -2.62. The quantitative estimate of drug-likeness (QED) is 0.257. The van der Waals surface area contributed by atoms with Crippen molar-refractivity contribution in [2.24, 2.45) is 11.8 Å². The summed E-state index contributed by atoms with van der Waals surface area (Å²) in [4.78, 5) is 27.3. The predicted molar refractivity (Wildman–Crippen MR) is 143 cm³/mol. The first-order valence-corrected chi connectivity index (χ1v) is 13.4. The fourth-order valence-electron chi connectivity index (χ4n) is 4.91. The Morgan fingerprint density at radius 2 is 1.06 bits per heavy atom. The molecule has 0 spiro atoms. The molecular weight excluding hydrogens is 420 g/mol. The van der Waals surface area contributed by atoms with Gasteiger partial charge in [0.1, 0.15) is 0 Å². The minimum Gasteiger partial charge on any atom is -0.384 e. The molecule has 3 rings (SSSR count). The average Bonchev–Trinajstić information content (AvgIpc) is 2.87. The number of unbranched alkanes of at least 4 members (excludes halogenated alkanes) is 2. The van der Waals surface area contributed by atoms with Gasteiger partial charge in [-0.15, -0.1) is 0 Å². The van der Waals surface area contributed by atoms with Gasteiger partial charge >= 0.3 is 0 Å². The van der Waals surface area contributed by atoms with Gasteiger partial charge in [0.05, 0.1) is 11.1 Å². The van der Waals surface area contributed by atoms with E-state index in [9.17, 15) is 9.59 Å². The zero-order valence-electron chi connectivity index (χ0n) is 21.5. The number of carbonyl (C=O) groups is 2. The summed E-state index contributed by atoms with van der Waals surface area (Å²) >= 11 is 0. The van der Waals surface area contributed by atoms with E-state index in [0.717, 1.165) is 37.3 Å². The summed E-state index contributed by atoms with van der Waals surface area (Å²) in [5.41, 5.74) is 3.63. The number of ketones is 2. The van der Waals surface area contributed by atoms with E-state index in [0.29, 0.717) is 34.1 Å². The van der Waals surface area contributed by atoms with E-state index in [1.54, 1.807) is 12.1 Å². The molecule has 0 heterocycles. The van der Waals surface area contributed by atoms with E-state index in [4.69, 9.17) is 0 Å². The van der Waals surface area contributed by atoms with Crippen molar-refractivity contribution in [2.75, 3.05) is 23.7 Å². The van der Waals surface area contributed by atoms with Gasteiger partial charge < -0.3 is 10.6 Å². The lowest BCUT2D eigenvalue weighted by Crippen LogP contribution is -2.26. The van der Waals surface area contributed by atoms with Crippen molar-refractivity contribution in [2.45, 2.75) is 79.1 Å². The molecule has 0 bridgehead atoms. The predicted octanol–water partition coefficient (Wildman–Crippen LogP) is 7.72. The minimum absolute atomic E-state index is 0.0593. The zero-order chi connectivity index (χ0) is 24.5. The summed E-state index contributed by atoms with van der Waals surface area (Å²) in [6, 6.07) is 11.2. The molecule has 1 aliphatic rings. The zero-order valence-corrected chi connectivity index (χ0v) is 21.5. The molecule has 0 saturated carbocycles. The second-order valence-corrected chi connectivity index (χ2v) is 9.71. The summed E-state index contributed by atoms with van der Waals surface area (Å²) < 4.78 is 0. The lowest BCUT2D eigenvalue weighted by atomic mass is 9.82. The van der Waals surface area contributed by atoms with Crippen molar-refractivity contribution in [1.82, 2.24) is 0 Å². The second-order valence-electron chi connectivity index (χ2n) is 9.71. The topological polar surface area (TPSA) is 58.2 Å². The molecule has 0 saturated heterocycles. The molecular formula is C30H42N2O2. The highest BCUT2D eigenvalue weighted by Gasteiger charge is 2.34. The van der Waals surface area contributed by atoms with Crippen molar-refractivity contribution in [3.63, 3.8) is 0 Å². The number of fused-ring (bicyclic) bond motifs is 2. The molecule has 2 atom stereocenters. The molecule has 2 aromatic rings. The molecule has 4 nitrogen and oxygen atoms in total. The number of anilines is 2. The Morgan fingerprint density at radius 3 is 1.41 bits per heavy atom. The SMILES string of the molecule is CCCC[C@@H](CC)CNc1ccc(NC[C@@H](CC)CCCC)c2c1C(=O)c1ccccc1C2=O. The van der Waals surface area contributed by atoms with Crippen LogP contribution in [0.15, 0.2) is 36.4 Å². The van der Waals surface area contributed by atoms with Crippen LogP contribution in [-0.4, -0.2) is 24.7 Å². The summed E-state index contributed by atoms with van der Waals surface area (Å²) in [6.45, 7) is 10.5. The summed E-state index contributed by atoms with van der Waals surface area (Å²) in [7, 11) is 0. The van der Waals surface area contributed by atoms with E-state index in [-0.39, 0.29) is 11.6 Å². The van der Waals surface area contributed by atoms with Crippen molar-refractivity contribution in [1.29, 1.82) is 0 Å². The van der Waals surface area contributed by atoms with Gasteiger partial charge in [-0.2, -0.15) is 0 Å². The monoisotopic (exact) mass is 462 g/mol. The van der Waals surface area contributed by atoms with Gasteiger partial charge in [-0.05, 0) is 36.8 Å². The molecule has 2 aromatic carbocycles. The van der Waals surface area contributed by atoms with Crippen LogP contribution in [-0.2, 0) is 0 Å². The van der Waals surface area contributed by atoms with Crippen LogP contribution in [0.1, 0.15) is 111 Å². The maximum absolute atomic E-state index is 13.6. The Bertz CT molecular complexity index is 904. The Labute approximate surface area is 205 Å². The van der Waals surface area contributed by atoms with Crippen LogP contribution in [0.2, 0.25) is 0 Å². The number of benzene rings is 2. The molecule has 0 fully saturated rings. The lowest BCUT2D eigenvalue weighted by molar-refractivity contribution is 0.0980. The molecule has 2 N–H and O–H groups in total. The van der Waals surface area contributed by atoms with E-state index in [1.165, 1.54) is 38.5 Å². The lowest BCUT2D eigenvalue weighted by Gasteiger charge is -2.26. The van der Waals surface area contributed by atoms with E-state index in [1.807, 2.05) is 24.3 Å². The maximum Gasteiger partial charge on any atom is 0.196 e. The minimum atomic E-state index is -0.0593. The Balaban J connectivity index is 1.94. The Morgan fingerprint density at radius 1 is 0.647 bits per heavy atom. The number of rotatable bonds is 14. The first-order chi connectivity index (χ1) is 16.5. The molecule has 184 valence electrons. The standard InChI is InChI=1S/C30H42N2O2/c1-5-9-13-21(7-3)19-31-25-17-18-26(32-20-22(8-4)14-10-6-2)28-27(25)29(33)23-15-11-12-16-24(23)30(28)34/h11-12,15-18,21-22,31-32H,5-10,13-14,19-20H2,1-4H3/t21-,22+. The third-order valence-corrected chi connectivity index (χ3v) is 7.32. The van der Waals surface area contributed by atoms with Gasteiger partial charge in [0.25, 0.3) is 0 Å². The normalized spacial score (nSPS) is 14.4. The van der Waals surface area contributed by atoms with E-state index < -0.39 is 0 Å². The summed E-state index contributed by atoms with van der Waals surface area (Å²) in [5.74, 6) is 0.991.